The van der Waals surface area contributed by atoms with Gasteiger partial charge in [0.15, 0.2) is 0 Å². The van der Waals surface area contributed by atoms with Gasteiger partial charge in [0.1, 0.15) is 0 Å². The second-order valence-electron chi connectivity index (χ2n) is 6.26. The van der Waals surface area contributed by atoms with Gasteiger partial charge in [-0.1, -0.05) is 24.6 Å². The summed E-state index contributed by atoms with van der Waals surface area (Å²) in [5, 5.41) is 0. The van der Waals surface area contributed by atoms with E-state index in [9.17, 15) is 13.2 Å². The number of rotatable bonds is 6. The van der Waals surface area contributed by atoms with Crippen LogP contribution < -0.4 is 4.72 Å². The van der Waals surface area contributed by atoms with E-state index >= 15 is 0 Å². The van der Waals surface area contributed by atoms with E-state index in [1.807, 2.05) is 18.7 Å². The molecule has 1 N–H and O–H groups in total. The van der Waals surface area contributed by atoms with Crippen molar-refractivity contribution in [3.05, 3.63) is 29.8 Å². The van der Waals surface area contributed by atoms with E-state index < -0.39 is 10.0 Å². The van der Waals surface area contributed by atoms with Gasteiger partial charge >= 0.3 is 0 Å². The molecule has 1 saturated heterocycles. The van der Waals surface area contributed by atoms with Crippen molar-refractivity contribution in [3.63, 3.8) is 0 Å². The SMILES string of the molecule is CCCC(=O)N1CCCC(CNS(=O)(=O)c2ccc(C)cc2)C1. The average Bonchev–Trinajstić information content (AvgIpc) is 2.54. The summed E-state index contributed by atoms with van der Waals surface area (Å²) in [7, 11) is -3.48. The summed E-state index contributed by atoms with van der Waals surface area (Å²) >= 11 is 0. The number of hydrogen-bond acceptors (Lipinski definition) is 3. The molecule has 0 saturated carbocycles. The van der Waals surface area contributed by atoms with Crippen molar-refractivity contribution in [2.45, 2.75) is 44.4 Å². The molecule has 1 atom stereocenters. The molecule has 0 aromatic heterocycles. The van der Waals surface area contributed by atoms with Crippen LogP contribution >= 0.6 is 0 Å². The molecule has 23 heavy (non-hydrogen) atoms. The Morgan fingerprint density at radius 3 is 2.65 bits per heavy atom. The molecule has 0 aliphatic carbocycles. The molecule has 2 rings (SSSR count). The van der Waals surface area contributed by atoms with E-state index in [0.29, 0.717) is 19.5 Å². The number of carbonyl (C=O) groups excluding carboxylic acids is 1. The topological polar surface area (TPSA) is 66.5 Å². The highest BCUT2D eigenvalue weighted by Crippen LogP contribution is 2.18. The summed E-state index contributed by atoms with van der Waals surface area (Å²) in [5.41, 5.74) is 1.03. The van der Waals surface area contributed by atoms with E-state index in [1.165, 1.54) is 0 Å². The standard InChI is InChI=1S/C17H26N2O3S/c1-3-5-17(20)19-11-4-6-15(13-19)12-18-23(21,22)16-9-7-14(2)8-10-16/h7-10,15,18H,3-6,11-13H2,1-2H3. The zero-order chi connectivity index (χ0) is 16.9. The first-order valence-electron chi connectivity index (χ1n) is 8.26. The lowest BCUT2D eigenvalue weighted by molar-refractivity contribution is -0.132. The molecule has 1 aromatic rings. The first-order valence-corrected chi connectivity index (χ1v) is 9.75. The molecule has 1 aliphatic heterocycles. The molecule has 0 bridgehead atoms. The Hall–Kier alpha value is -1.40. The number of hydrogen-bond donors (Lipinski definition) is 1. The number of carbonyl (C=O) groups is 1. The summed E-state index contributed by atoms with van der Waals surface area (Å²) in [6.45, 7) is 5.74. The first kappa shape index (κ1) is 17.9. The first-order chi connectivity index (χ1) is 10.9. The zero-order valence-electron chi connectivity index (χ0n) is 13.9. The van der Waals surface area contributed by atoms with Gasteiger partial charge in [-0.15, -0.1) is 0 Å². The maximum Gasteiger partial charge on any atom is 0.240 e. The van der Waals surface area contributed by atoms with Gasteiger partial charge < -0.3 is 4.90 Å². The predicted octanol–water partition coefficient (Wildman–Crippen LogP) is 2.31. The molecule has 128 valence electrons. The van der Waals surface area contributed by atoms with Crippen molar-refractivity contribution >= 4 is 15.9 Å². The van der Waals surface area contributed by atoms with Crippen LogP contribution in [-0.4, -0.2) is 38.9 Å². The fourth-order valence-electron chi connectivity index (χ4n) is 2.86. The Labute approximate surface area is 139 Å². The normalized spacial score (nSPS) is 18.9. The number of likely N-dealkylation sites (tertiary alicyclic amines) is 1. The molecular weight excluding hydrogens is 312 g/mol. The number of nitrogens with one attached hydrogen (secondary N) is 1. The summed E-state index contributed by atoms with van der Waals surface area (Å²) < 4.78 is 27.3. The van der Waals surface area contributed by atoms with Crippen LogP contribution in [0.2, 0.25) is 0 Å². The third-order valence-electron chi connectivity index (χ3n) is 4.23. The van der Waals surface area contributed by atoms with Crippen LogP contribution in [0.25, 0.3) is 0 Å². The maximum absolute atomic E-state index is 12.3. The van der Waals surface area contributed by atoms with Gasteiger partial charge in [0.2, 0.25) is 15.9 Å². The van der Waals surface area contributed by atoms with Crippen LogP contribution in [0.3, 0.4) is 0 Å². The smallest absolute Gasteiger partial charge is 0.240 e. The Kier molecular flexibility index (Phi) is 6.18. The monoisotopic (exact) mass is 338 g/mol. The highest BCUT2D eigenvalue weighted by atomic mass is 32.2. The Bertz CT molecular complexity index is 626. The lowest BCUT2D eigenvalue weighted by Crippen LogP contribution is -2.43. The highest BCUT2D eigenvalue weighted by molar-refractivity contribution is 7.89. The summed E-state index contributed by atoms with van der Waals surface area (Å²) in [6.07, 6.45) is 3.31. The van der Waals surface area contributed by atoms with Crippen LogP contribution in [0.5, 0.6) is 0 Å². The third kappa shape index (κ3) is 5.04. The van der Waals surface area contributed by atoms with Gasteiger partial charge in [0.25, 0.3) is 0 Å². The Morgan fingerprint density at radius 2 is 2.00 bits per heavy atom. The molecule has 1 aliphatic rings. The van der Waals surface area contributed by atoms with Crippen molar-refractivity contribution < 1.29 is 13.2 Å². The molecule has 1 aromatic carbocycles. The quantitative estimate of drug-likeness (QED) is 0.865. The minimum atomic E-state index is -3.48. The van der Waals surface area contributed by atoms with E-state index in [4.69, 9.17) is 0 Å². The molecule has 5 nitrogen and oxygen atoms in total. The average molecular weight is 338 g/mol. The second kappa shape index (κ2) is 7.93. The van der Waals surface area contributed by atoms with Crippen molar-refractivity contribution in [1.82, 2.24) is 9.62 Å². The second-order valence-corrected chi connectivity index (χ2v) is 8.03. The van der Waals surface area contributed by atoms with E-state index in [-0.39, 0.29) is 16.7 Å². The lowest BCUT2D eigenvalue weighted by atomic mass is 9.98. The minimum absolute atomic E-state index is 0.179. The molecule has 6 heteroatoms. The molecule has 0 spiro atoms. The van der Waals surface area contributed by atoms with Crippen molar-refractivity contribution in [3.8, 4) is 0 Å². The minimum Gasteiger partial charge on any atom is -0.342 e. The van der Waals surface area contributed by atoms with Crippen molar-refractivity contribution in [1.29, 1.82) is 0 Å². The lowest BCUT2D eigenvalue weighted by Gasteiger charge is -2.33. The number of piperidine rings is 1. The molecule has 1 heterocycles. The number of aryl methyl sites for hydroxylation is 1. The van der Waals surface area contributed by atoms with E-state index in [0.717, 1.165) is 31.4 Å². The molecule has 0 radical (unpaired) electrons. The number of amides is 1. The van der Waals surface area contributed by atoms with Gasteiger partial charge in [-0.2, -0.15) is 0 Å². The fraction of sp³-hybridized carbons (Fsp3) is 0.588. The van der Waals surface area contributed by atoms with Crippen LogP contribution in [0.1, 0.15) is 38.2 Å². The van der Waals surface area contributed by atoms with Gasteiger partial charge in [0.05, 0.1) is 4.90 Å². The van der Waals surface area contributed by atoms with Crippen LogP contribution in [0.15, 0.2) is 29.2 Å². The number of benzene rings is 1. The maximum atomic E-state index is 12.3. The summed E-state index contributed by atoms with van der Waals surface area (Å²) in [5.74, 6) is 0.364. The number of nitrogens with zero attached hydrogens (tertiary/aromatic N) is 1. The van der Waals surface area contributed by atoms with E-state index in [1.54, 1.807) is 24.3 Å². The van der Waals surface area contributed by atoms with Crippen LogP contribution in [0, 0.1) is 12.8 Å². The van der Waals surface area contributed by atoms with Crippen LogP contribution in [-0.2, 0) is 14.8 Å². The Morgan fingerprint density at radius 1 is 1.30 bits per heavy atom. The van der Waals surface area contributed by atoms with Crippen LogP contribution in [0.4, 0.5) is 0 Å². The molecule has 1 unspecified atom stereocenters. The molecular formula is C17H26N2O3S. The fourth-order valence-corrected chi connectivity index (χ4v) is 3.97. The highest BCUT2D eigenvalue weighted by Gasteiger charge is 2.24. The number of sulfonamides is 1. The predicted molar refractivity (Wildman–Crippen MR) is 90.6 cm³/mol. The van der Waals surface area contributed by atoms with E-state index in [2.05, 4.69) is 4.72 Å². The summed E-state index contributed by atoms with van der Waals surface area (Å²) in [4.78, 5) is 14.1. The van der Waals surface area contributed by atoms with Gasteiger partial charge in [-0.25, -0.2) is 13.1 Å². The third-order valence-corrected chi connectivity index (χ3v) is 5.67. The van der Waals surface area contributed by atoms with Crippen molar-refractivity contribution in [2.24, 2.45) is 5.92 Å². The van der Waals surface area contributed by atoms with Gasteiger partial charge in [0, 0.05) is 26.1 Å². The largest absolute Gasteiger partial charge is 0.342 e. The molecule has 1 amide bonds. The van der Waals surface area contributed by atoms with Crippen molar-refractivity contribution in [2.75, 3.05) is 19.6 Å². The van der Waals surface area contributed by atoms with Gasteiger partial charge in [-0.05, 0) is 44.2 Å². The summed E-state index contributed by atoms with van der Waals surface area (Å²) in [6, 6.07) is 6.83. The Balaban J connectivity index is 1.92. The zero-order valence-corrected chi connectivity index (χ0v) is 14.7. The van der Waals surface area contributed by atoms with Gasteiger partial charge in [-0.3, -0.25) is 4.79 Å². The molecule has 1 fully saturated rings.